The average Bonchev–Trinajstić information content (AvgIpc) is 2.87. The van der Waals surface area contributed by atoms with Crippen LogP contribution in [-0.2, 0) is 0 Å². The van der Waals surface area contributed by atoms with Crippen molar-refractivity contribution in [2.24, 2.45) is 5.92 Å². The number of aromatic hydroxyl groups is 1. The number of benzene rings is 1. The molecule has 1 aromatic rings. The van der Waals surface area contributed by atoms with Crippen LogP contribution in [0.15, 0.2) is 21.1 Å². The summed E-state index contributed by atoms with van der Waals surface area (Å²) in [5, 5.41) is 13.5. The van der Waals surface area contributed by atoms with Crippen molar-refractivity contribution in [1.29, 1.82) is 0 Å². The van der Waals surface area contributed by atoms with Crippen molar-refractivity contribution in [3.8, 4) is 5.75 Å². The monoisotopic (exact) mass is 347 g/mol. The van der Waals surface area contributed by atoms with Gasteiger partial charge in [0, 0.05) is 22.1 Å². The zero-order chi connectivity index (χ0) is 11.9. The topological polar surface area (TPSA) is 32.3 Å². The molecule has 0 spiro atoms. The lowest BCUT2D eigenvalue weighted by molar-refractivity contribution is 0.447. The van der Waals surface area contributed by atoms with Crippen molar-refractivity contribution >= 4 is 31.9 Å². The van der Waals surface area contributed by atoms with Crippen LogP contribution in [0.1, 0.15) is 31.9 Å². The maximum atomic E-state index is 9.98. The van der Waals surface area contributed by atoms with Crippen molar-refractivity contribution in [2.45, 2.75) is 32.4 Å². The van der Waals surface area contributed by atoms with E-state index in [-0.39, 0.29) is 6.04 Å². The Kier molecular flexibility index (Phi) is 3.62. The highest BCUT2D eigenvalue weighted by Crippen LogP contribution is 2.37. The number of phenols is 1. The van der Waals surface area contributed by atoms with E-state index in [1.54, 1.807) is 0 Å². The predicted molar refractivity (Wildman–Crippen MR) is 72.6 cm³/mol. The highest BCUT2D eigenvalue weighted by atomic mass is 79.9. The Hall–Kier alpha value is -0.0600. The van der Waals surface area contributed by atoms with Crippen molar-refractivity contribution in [3.05, 3.63) is 26.6 Å². The van der Waals surface area contributed by atoms with E-state index >= 15 is 0 Å². The van der Waals surface area contributed by atoms with Crippen LogP contribution in [-0.4, -0.2) is 11.1 Å². The first-order valence-electron chi connectivity index (χ1n) is 5.43. The molecule has 0 heterocycles. The van der Waals surface area contributed by atoms with Gasteiger partial charge in [-0.05, 0) is 47.3 Å². The Bertz CT molecular complexity index is 408. The van der Waals surface area contributed by atoms with E-state index in [2.05, 4.69) is 51.0 Å². The summed E-state index contributed by atoms with van der Waals surface area (Å²) < 4.78 is 1.71. The Morgan fingerprint density at radius 3 is 2.62 bits per heavy atom. The Balaban J connectivity index is 2.18. The van der Waals surface area contributed by atoms with E-state index in [9.17, 15) is 5.11 Å². The lowest BCUT2D eigenvalue weighted by Crippen LogP contribution is -2.22. The number of nitrogens with one attached hydrogen (secondary N) is 1. The second-order valence-corrected chi connectivity index (χ2v) is 6.30. The quantitative estimate of drug-likeness (QED) is 0.866. The van der Waals surface area contributed by atoms with Gasteiger partial charge in [0.05, 0.1) is 4.47 Å². The first-order chi connectivity index (χ1) is 7.49. The van der Waals surface area contributed by atoms with Crippen LogP contribution < -0.4 is 5.32 Å². The average molecular weight is 349 g/mol. The summed E-state index contributed by atoms with van der Waals surface area (Å²) in [6.07, 6.45) is 1.24. The van der Waals surface area contributed by atoms with Crippen LogP contribution in [0, 0.1) is 5.92 Å². The summed E-state index contributed by atoms with van der Waals surface area (Å²) in [6.45, 7) is 4.32. The zero-order valence-electron chi connectivity index (χ0n) is 9.30. The molecule has 4 heteroatoms. The molecule has 0 radical (unpaired) electrons. The number of hydrogen-bond donors (Lipinski definition) is 2. The van der Waals surface area contributed by atoms with Crippen LogP contribution in [0.3, 0.4) is 0 Å². The fraction of sp³-hybridized carbons (Fsp3) is 0.500. The molecule has 3 unspecified atom stereocenters. The molecule has 2 nitrogen and oxygen atoms in total. The molecule has 0 bridgehead atoms. The number of rotatable bonds is 3. The lowest BCUT2D eigenvalue weighted by Gasteiger charge is -2.16. The molecule has 3 atom stereocenters. The molecule has 2 rings (SSSR count). The zero-order valence-corrected chi connectivity index (χ0v) is 12.5. The maximum Gasteiger partial charge on any atom is 0.134 e. The normalized spacial score (nSPS) is 25.5. The first kappa shape index (κ1) is 12.4. The molecule has 0 aromatic heterocycles. The standard InChI is InChI=1S/C12H15Br2NO/c1-6-3-11(6)15-7(2)9-4-8(13)5-10(14)12(9)16/h4-7,11,15-16H,3H2,1-2H3. The van der Waals surface area contributed by atoms with E-state index in [1.807, 2.05) is 12.1 Å². The highest BCUT2D eigenvalue weighted by Gasteiger charge is 2.33. The lowest BCUT2D eigenvalue weighted by atomic mass is 10.1. The summed E-state index contributed by atoms with van der Waals surface area (Å²) in [5.41, 5.74) is 0.931. The number of phenolic OH excluding ortho intramolecular Hbond substituents is 1. The third-order valence-electron chi connectivity index (χ3n) is 3.10. The SMILES string of the molecule is CC(NC1CC1C)c1cc(Br)cc(Br)c1O. The van der Waals surface area contributed by atoms with Crippen molar-refractivity contribution in [2.75, 3.05) is 0 Å². The van der Waals surface area contributed by atoms with Crippen molar-refractivity contribution in [3.63, 3.8) is 0 Å². The van der Waals surface area contributed by atoms with Gasteiger partial charge in [-0.3, -0.25) is 0 Å². The second kappa shape index (κ2) is 4.67. The van der Waals surface area contributed by atoms with Gasteiger partial charge in [-0.15, -0.1) is 0 Å². The number of halogens is 2. The molecule has 1 aromatic carbocycles. The molecule has 2 N–H and O–H groups in total. The molecule has 1 aliphatic carbocycles. The van der Waals surface area contributed by atoms with Crippen LogP contribution in [0.25, 0.3) is 0 Å². The first-order valence-corrected chi connectivity index (χ1v) is 7.01. The Morgan fingerprint density at radius 2 is 2.06 bits per heavy atom. The summed E-state index contributed by atoms with van der Waals surface area (Å²) in [4.78, 5) is 0. The fourth-order valence-corrected chi connectivity index (χ4v) is 3.14. The molecular formula is C12H15Br2NO. The summed E-state index contributed by atoms with van der Waals surface area (Å²) >= 11 is 6.79. The molecule has 0 aliphatic heterocycles. The fourth-order valence-electron chi connectivity index (χ4n) is 1.88. The van der Waals surface area contributed by atoms with Gasteiger partial charge < -0.3 is 10.4 Å². The van der Waals surface area contributed by atoms with E-state index in [0.29, 0.717) is 11.8 Å². The minimum atomic E-state index is 0.170. The van der Waals surface area contributed by atoms with E-state index in [0.717, 1.165) is 20.4 Å². The van der Waals surface area contributed by atoms with Gasteiger partial charge in [-0.25, -0.2) is 0 Å². The third kappa shape index (κ3) is 2.60. The highest BCUT2D eigenvalue weighted by molar-refractivity contribution is 9.11. The van der Waals surface area contributed by atoms with Crippen LogP contribution >= 0.6 is 31.9 Å². The van der Waals surface area contributed by atoms with Crippen molar-refractivity contribution < 1.29 is 5.11 Å². The van der Waals surface area contributed by atoms with E-state index in [1.165, 1.54) is 6.42 Å². The Morgan fingerprint density at radius 1 is 1.44 bits per heavy atom. The van der Waals surface area contributed by atoms with Gasteiger partial charge in [0.25, 0.3) is 0 Å². The second-order valence-electron chi connectivity index (χ2n) is 4.53. The minimum Gasteiger partial charge on any atom is -0.506 e. The van der Waals surface area contributed by atoms with Gasteiger partial charge >= 0.3 is 0 Å². The molecule has 1 aliphatic rings. The predicted octanol–water partition coefficient (Wildman–Crippen LogP) is 3.98. The van der Waals surface area contributed by atoms with Gasteiger partial charge in [0.1, 0.15) is 5.75 Å². The minimum absolute atomic E-state index is 0.170. The smallest absolute Gasteiger partial charge is 0.134 e. The van der Waals surface area contributed by atoms with Gasteiger partial charge in [0.15, 0.2) is 0 Å². The molecule has 16 heavy (non-hydrogen) atoms. The third-order valence-corrected chi connectivity index (χ3v) is 4.16. The van der Waals surface area contributed by atoms with Gasteiger partial charge in [0.2, 0.25) is 0 Å². The largest absolute Gasteiger partial charge is 0.506 e. The van der Waals surface area contributed by atoms with Crippen LogP contribution in [0.4, 0.5) is 0 Å². The molecule has 88 valence electrons. The summed E-state index contributed by atoms with van der Waals surface area (Å²) in [5.74, 6) is 1.09. The molecule has 1 saturated carbocycles. The molecule has 0 saturated heterocycles. The number of hydrogen-bond acceptors (Lipinski definition) is 2. The van der Waals surface area contributed by atoms with Crippen molar-refractivity contribution in [1.82, 2.24) is 5.32 Å². The molecule has 1 fully saturated rings. The molecule has 0 amide bonds. The van der Waals surface area contributed by atoms with Gasteiger partial charge in [-0.1, -0.05) is 22.9 Å². The van der Waals surface area contributed by atoms with E-state index < -0.39 is 0 Å². The van der Waals surface area contributed by atoms with Gasteiger partial charge in [-0.2, -0.15) is 0 Å². The van der Waals surface area contributed by atoms with Crippen LogP contribution in [0.2, 0.25) is 0 Å². The van der Waals surface area contributed by atoms with E-state index in [4.69, 9.17) is 0 Å². The van der Waals surface area contributed by atoms with Crippen LogP contribution in [0.5, 0.6) is 5.75 Å². The molecular weight excluding hydrogens is 334 g/mol. The summed E-state index contributed by atoms with van der Waals surface area (Å²) in [7, 11) is 0. The Labute approximate surface area is 113 Å². The maximum absolute atomic E-state index is 9.98. The summed E-state index contributed by atoms with van der Waals surface area (Å²) in [6, 6.07) is 4.59.